The van der Waals surface area contributed by atoms with Gasteiger partial charge in [-0.05, 0) is 57.1 Å². The summed E-state index contributed by atoms with van der Waals surface area (Å²) in [6.07, 6.45) is 4.13. The van der Waals surface area contributed by atoms with Crippen LogP contribution >= 0.6 is 11.3 Å². The van der Waals surface area contributed by atoms with Gasteiger partial charge in [0.25, 0.3) is 5.91 Å². The summed E-state index contributed by atoms with van der Waals surface area (Å²) in [7, 11) is 0. The minimum absolute atomic E-state index is 0.0938. The van der Waals surface area contributed by atoms with Crippen LogP contribution in [0.5, 0.6) is 0 Å². The Labute approximate surface area is 141 Å². The van der Waals surface area contributed by atoms with Crippen LogP contribution in [0, 0.1) is 5.92 Å². The number of hydrogen-bond acceptors (Lipinski definition) is 4. The van der Waals surface area contributed by atoms with Crippen molar-refractivity contribution in [2.45, 2.75) is 58.9 Å². The average molecular weight is 331 g/mol. The molecular formula is C18H25N3OS. The number of thiophene rings is 1. The van der Waals surface area contributed by atoms with Crippen molar-refractivity contribution in [2.75, 3.05) is 5.73 Å². The van der Waals surface area contributed by atoms with Gasteiger partial charge in [-0.25, -0.2) is 4.98 Å². The average Bonchev–Trinajstić information content (AvgIpc) is 2.81. The van der Waals surface area contributed by atoms with Crippen molar-refractivity contribution in [3.05, 3.63) is 22.2 Å². The lowest BCUT2D eigenvalue weighted by atomic mass is 9.87. The molecule has 4 nitrogen and oxygen atoms in total. The van der Waals surface area contributed by atoms with Crippen molar-refractivity contribution >= 4 is 33.1 Å². The van der Waals surface area contributed by atoms with Crippen LogP contribution < -0.4 is 11.1 Å². The van der Waals surface area contributed by atoms with Crippen LogP contribution in [-0.4, -0.2) is 16.4 Å². The van der Waals surface area contributed by atoms with Crippen LogP contribution in [0.25, 0.3) is 10.2 Å². The predicted molar refractivity (Wildman–Crippen MR) is 97.1 cm³/mol. The number of nitrogen functional groups attached to an aromatic ring is 1. The van der Waals surface area contributed by atoms with E-state index in [4.69, 9.17) is 10.7 Å². The van der Waals surface area contributed by atoms with Crippen molar-refractivity contribution in [3.63, 3.8) is 0 Å². The van der Waals surface area contributed by atoms with E-state index in [0.29, 0.717) is 16.5 Å². The predicted octanol–water partition coefficient (Wildman–Crippen LogP) is 3.92. The Kier molecular flexibility index (Phi) is 4.08. The molecule has 3 rings (SSSR count). The summed E-state index contributed by atoms with van der Waals surface area (Å²) in [5.74, 6) is 0.596. The van der Waals surface area contributed by atoms with E-state index >= 15 is 0 Å². The first kappa shape index (κ1) is 16.2. The topological polar surface area (TPSA) is 68.0 Å². The molecule has 23 heavy (non-hydrogen) atoms. The van der Waals surface area contributed by atoms with Gasteiger partial charge >= 0.3 is 0 Å². The van der Waals surface area contributed by atoms with E-state index in [0.717, 1.165) is 29.5 Å². The van der Waals surface area contributed by atoms with Gasteiger partial charge in [0.1, 0.15) is 9.71 Å². The molecule has 1 atom stereocenters. The standard InChI is InChI=1S/C18H25N3OS/c1-5-18(3,4)21-16(22)15-14(19)12-9-11-8-10(2)6-7-13(11)20-17(12)23-15/h9-10H,5-8,19H2,1-4H3,(H,21,22). The van der Waals surface area contributed by atoms with E-state index < -0.39 is 0 Å². The quantitative estimate of drug-likeness (QED) is 0.895. The molecule has 2 aromatic rings. The lowest BCUT2D eigenvalue weighted by Gasteiger charge is -2.24. The molecule has 2 aromatic heterocycles. The number of aryl methyl sites for hydroxylation is 1. The number of pyridine rings is 1. The molecule has 0 fully saturated rings. The summed E-state index contributed by atoms with van der Waals surface area (Å²) >= 11 is 1.41. The fourth-order valence-electron chi connectivity index (χ4n) is 2.99. The zero-order chi connectivity index (χ0) is 16.8. The maximum Gasteiger partial charge on any atom is 0.263 e. The highest BCUT2D eigenvalue weighted by molar-refractivity contribution is 7.21. The van der Waals surface area contributed by atoms with Gasteiger partial charge in [0, 0.05) is 16.6 Å². The monoisotopic (exact) mass is 331 g/mol. The van der Waals surface area contributed by atoms with Crippen molar-refractivity contribution in [3.8, 4) is 0 Å². The SMILES string of the molecule is CCC(C)(C)NC(=O)c1sc2nc3c(cc2c1N)CC(C)CC3. The minimum atomic E-state index is -0.234. The third-order valence-corrected chi connectivity index (χ3v) is 5.99. The molecule has 3 N–H and O–H groups in total. The summed E-state index contributed by atoms with van der Waals surface area (Å²) in [4.78, 5) is 18.8. The molecule has 0 radical (unpaired) electrons. The first-order valence-electron chi connectivity index (χ1n) is 8.34. The number of amides is 1. The van der Waals surface area contributed by atoms with E-state index in [-0.39, 0.29) is 11.4 Å². The Balaban J connectivity index is 2.00. The summed E-state index contributed by atoms with van der Waals surface area (Å²) in [5, 5.41) is 4.00. The van der Waals surface area contributed by atoms with E-state index in [1.165, 1.54) is 29.0 Å². The second kappa shape index (κ2) is 5.78. The van der Waals surface area contributed by atoms with Gasteiger partial charge in [-0.2, -0.15) is 0 Å². The Morgan fingerprint density at radius 1 is 1.52 bits per heavy atom. The number of carbonyl (C=O) groups is 1. The molecular weight excluding hydrogens is 306 g/mol. The molecule has 0 spiro atoms. The third kappa shape index (κ3) is 3.07. The molecule has 1 aliphatic carbocycles. The molecule has 1 unspecified atom stereocenters. The van der Waals surface area contributed by atoms with Crippen LogP contribution in [0.2, 0.25) is 0 Å². The van der Waals surface area contributed by atoms with Crippen LogP contribution in [-0.2, 0) is 12.8 Å². The normalized spacial score (nSPS) is 18.0. The zero-order valence-electron chi connectivity index (χ0n) is 14.3. The molecule has 1 amide bonds. The number of nitrogens with one attached hydrogen (secondary N) is 1. The number of fused-ring (bicyclic) bond motifs is 2. The first-order valence-corrected chi connectivity index (χ1v) is 9.15. The molecule has 0 aliphatic heterocycles. The molecule has 0 saturated carbocycles. The highest BCUT2D eigenvalue weighted by atomic mass is 32.1. The van der Waals surface area contributed by atoms with Crippen LogP contribution in [0.15, 0.2) is 6.07 Å². The van der Waals surface area contributed by atoms with Crippen LogP contribution in [0.4, 0.5) is 5.69 Å². The molecule has 5 heteroatoms. The van der Waals surface area contributed by atoms with Crippen molar-refractivity contribution in [2.24, 2.45) is 5.92 Å². The number of anilines is 1. The van der Waals surface area contributed by atoms with Crippen molar-refractivity contribution in [1.29, 1.82) is 0 Å². The number of nitrogens with two attached hydrogens (primary N) is 1. The second-order valence-electron chi connectivity index (χ2n) is 7.33. The Bertz CT molecular complexity index is 763. The number of carbonyl (C=O) groups excluding carboxylic acids is 1. The molecule has 1 aliphatic rings. The van der Waals surface area contributed by atoms with E-state index in [1.54, 1.807) is 0 Å². The summed E-state index contributed by atoms with van der Waals surface area (Å²) in [6, 6.07) is 2.15. The van der Waals surface area contributed by atoms with E-state index in [9.17, 15) is 4.79 Å². The highest BCUT2D eigenvalue weighted by Gasteiger charge is 2.25. The largest absolute Gasteiger partial charge is 0.397 e. The van der Waals surface area contributed by atoms with Gasteiger partial charge in [-0.3, -0.25) is 4.79 Å². The molecule has 0 aromatic carbocycles. The lowest BCUT2D eigenvalue weighted by molar-refractivity contribution is 0.0916. The maximum absolute atomic E-state index is 12.6. The fraction of sp³-hybridized carbons (Fsp3) is 0.556. The van der Waals surface area contributed by atoms with Crippen molar-refractivity contribution < 1.29 is 4.79 Å². The van der Waals surface area contributed by atoms with E-state index in [2.05, 4.69) is 25.2 Å². The molecule has 0 saturated heterocycles. The molecule has 2 heterocycles. The Morgan fingerprint density at radius 3 is 2.96 bits per heavy atom. The molecule has 124 valence electrons. The van der Waals surface area contributed by atoms with Gasteiger partial charge in [-0.1, -0.05) is 13.8 Å². The highest BCUT2D eigenvalue weighted by Crippen LogP contribution is 2.36. The smallest absolute Gasteiger partial charge is 0.263 e. The van der Waals surface area contributed by atoms with Gasteiger partial charge in [0.15, 0.2) is 0 Å². The fourth-order valence-corrected chi connectivity index (χ4v) is 3.99. The Morgan fingerprint density at radius 2 is 2.26 bits per heavy atom. The number of aromatic nitrogens is 1. The van der Waals surface area contributed by atoms with E-state index in [1.807, 2.05) is 13.8 Å². The lowest BCUT2D eigenvalue weighted by Crippen LogP contribution is -2.42. The van der Waals surface area contributed by atoms with Crippen LogP contribution in [0.1, 0.15) is 61.5 Å². The third-order valence-electron chi connectivity index (χ3n) is 4.87. The summed E-state index contributed by atoms with van der Waals surface area (Å²) < 4.78 is 0. The van der Waals surface area contributed by atoms with Gasteiger partial charge in [0.2, 0.25) is 0 Å². The Hall–Kier alpha value is -1.62. The number of rotatable bonds is 3. The maximum atomic E-state index is 12.6. The van der Waals surface area contributed by atoms with Crippen LogP contribution in [0.3, 0.4) is 0 Å². The van der Waals surface area contributed by atoms with Gasteiger partial charge in [0.05, 0.1) is 5.69 Å². The second-order valence-corrected chi connectivity index (χ2v) is 8.33. The van der Waals surface area contributed by atoms with Crippen molar-refractivity contribution in [1.82, 2.24) is 10.3 Å². The summed E-state index contributed by atoms with van der Waals surface area (Å²) in [6.45, 7) is 8.38. The minimum Gasteiger partial charge on any atom is -0.397 e. The number of nitrogens with zero attached hydrogens (tertiary/aromatic N) is 1. The zero-order valence-corrected chi connectivity index (χ0v) is 15.1. The van der Waals surface area contributed by atoms with Gasteiger partial charge < -0.3 is 11.1 Å². The van der Waals surface area contributed by atoms with Gasteiger partial charge in [-0.15, -0.1) is 11.3 Å². The number of hydrogen-bond donors (Lipinski definition) is 2. The summed E-state index contributed by atoms with van der Waals surface area (Å²) in [5.41, 5.74) is 9.09. The molecule has 0 bridgehead atoms. The first-order chi connectivity index (χ1) is 10.8.